The molecule has 0 radical (unpaired) electrons. The Labute approximate surface area is 670 Å². The molecule has 0 spiro atoms. The van der Waals surface area contributed by atoms with Crippen LogP contribution in [0.15, 0.2) is 0 Å². The fraction of sp³-hybridized carbons (Fsp3) is 0.956. The molecular weight excluding hydrogens is 1410 g/mol. The van der Waals surface area contributed by atoms with Gasteiger partial charge < -0.3 is 33.8 Å². The highest BCUT2D eigenvalue weighted by molar-refractivity contribution is 7.47. The molecule has 0 bridgehead atoms. The normalized spacial score (nSPS) is 14.1. The predicted octanol–water partition coefficient (Wildman–Crippen LogP) is 27.6. The molecule has 109 heavy (non-hydrogen) atoms. The van der Waals surface area contributed by atoms with Gasteiger partial charge >= 0.3 is 39.5 Å². The molecule has 0 aromatic heterocycles. The monoisotopic (exact) mass is 1590 g/mol. The third-order valence-corrected chi connectivity index (χ3v) is 23.4. The number of ether oxygens (including phenoxy) is 4. The summed E-state index contributed by atoms with van der Waals surface area (Å²) in [5.74, 6) is 0.284. The lowest BCUT2D eigenvalue weighted by molar-refractivity contribution is -0.161. The van der Waals surface area contributed by atoms with Crippen molar-refractivity contribution < 1.29 is 80.2 Å². The number of aliphatic hydroxyl groups is 1. The Balaban J connectivity index is 5.24. The Morgan fingerprint density at radius 2 is 0.468 bits per heavy atom. The van der Waals surface area contributed by atoms with Gasteiger partial charge in [-0.15, -0.1) is 0 Å². The lowest BCUT2D eigenvalue weighted by atomic mass is 9.99. The Bertz CT molecular complexity index is 2100. The number of aliphatic hydroxyl groups excluding tert-OH is 1. The van der Waals surface area contributed by atoms with Crippen LogP contribution in [0.2, 0.25) is 0 Å². The van der Waals surface area contributed by atoms with E-state index in [-0.39, 0.29) is 25.7 Å². The molecule has 0 fully saturated rings. The lowest BCUT2D eigenvalue weighted by Crippen LogP contribution is -2.30. The van der Waals surface area contributed by atoms with Crippen molar-refractivity contribution in [3.8, 4) is 0 Å². The number of unbranched alkanes of at least 4 members (excludes halogenated alkanes) is 55. The van der Waals surface area contributed by atoms with E-state index in [1.807, 2.05) is 0 Å². The van der Waals surface area contributed by atoms with Crippen LogP contribution >= 0.6 is 15.6 Å². The van der Waals surface area contributed by atoms with Gasteiger partial charge in [0.2, 0.25) is 0 Å². The molecule has 0 aromatic rings. The summed E-state index contributed by atoms with van der Waals surface area (Å²) in [4.78, 5) is 73.4. The van der Waals surface area contributed by atoms with Crippen LogP contribution in [-0.2, 0) is 65.4 Å². The average molecular weight is 1590 g/mol. The van der Waals surface area contributed by atoms with Crippen molar-refractivity contribution in [3.05, 3.63) is 0 Å². The van der Waals surface area contributed by atoms with Gasteiger partial charge in [0.15, 0.2) is 12.2 Å². The van der Waals surface area contributed by atoms with E-state index in [1.54, 1.807) is 0 Å². The largest absolute Gasteiger partial charge is 0.472 e. The van der Waals surface area contributed by atoms with Crippen LogP contribution in [0.1, 0.15) is 479 Å². The minimum atomic E-state index is -4.97. The molecule has 0 aromatic carbocycles. The van der Waals surface area contributed by atoms with Crippen LogP contribution in [0.4, 0.5) is 0 Å². The highest BCUT2D eigenvalue weighted by Gasteiger charge is 2.31. The summed E-state index contributed by atoms with van der Waals surface area (Å²) in [6.07, 6.45) is 72.3. The molecule has 0 amide bonds. The van der Waals surface area contributed by atoms with Gasteiger partial charge in [-0.25, -0.2) is 9.13 Å². The molecule has 0 saturated carbocycles. The quantitative estimate of drug-likeness (QED) is 0.0222. The van der Waals surface area contributed by atoms with Gasteiger partial charge in [0.1, 0.15) is 19.3 Å². The van der Waals surface area contributed by atoms with E-state index in [0.717, 1.165) is 108 Å². The second-order valence-corrected chi connectivity index (χ2v) is 36.4. The van der Waals surface area contributed by atoms with Gasteiger partial charge in [-0.2, -0.15) is 0 Å². The molecule has 0 aliphatic rings. The van der Waals surface area contributed by atoms with Crippen LogP contribution in [0.3, 0.4) is 0 Å². The van der Waals surface area contributed by atoms with Crippen LogP contribution in [0.5, 0.6) is 0 Å². The van der Waals surface area contributed by atoms with Crippen LogP contribution in [-0.4, -0.2) is 96.7 Å². The molecule has 6 atom stereocenters. The number of carbonyl (C=O) groups is 4. The maximum Gasteiger partial charge on any atom is 0.472 e. The van der Waals surface area contributed by atoms with E-state index in [0.29, 0.717) is 25.7 Å². The summed E-state index contributed by atoms with van der Waals surface area (Å²) in [6, 6.07) is 0. The number of rotatable bonds is 88. The number of hydrogen-bond donors (Lipinski definition) is 3. The number of phosphoric acid groups is 2. The number of phosphoric ester groups is 2. The van der Waals surface area contributed by atoms with Crippen molar-refractivity contribution in [2.75, 3.05) is 39.6 Å². The van der Waals surface area contributed by atoms with Crippen molar-refractivity contribution in [1.29, 1.82) is 0 Å². The third kappa shape index (κ3) is 82.4. The highest BCUT2D eigenvalue weighted by Crippen LogP contribution is 2.45. The first-order valence-electron chi connectivity index (χ1n) is 46.4. The molecule has 0 saturated heterocycles. The van der Waals surface area contributed by atoms with E-state index in [4.69, 9.17) is 37.0 Å². The highest BCUT2D eigenvalue weighted by atomic mass is 31.2. The van der Waals surface area contributed by atoms with Crippen LogP contribution in [0.25, 0.3) is 0 Å². The van der Waals surface area contributed by atoms with E-state index < -0.39 is 97.5 Å². The fourth-order valence-electron chi connectivity index (χ4n) is 14.0. The van der Waals surface area contributed by atoms with Crippen LogP contribution in [0, 0.1) is 17.8 Å². The molecule has 0 rings (SSSR count). The maximum atomic E-state index is 13.2. The van der Waals surface area contributed by atoms with Crippen molar-refractivity contribution in [2.24, 2.45) is 17.8 Å². The molecule has 0 aliphatic carbocycles. The van der Waals surface area contributed by atoms with Gasteiger partial charge in [-0.1, -0.05) is 427 Å². The average Bonchev–Trinajstić information content (AvgIpc) is 0.900. The van der Waals surface area contributed by atoms with E-state index in [2.05, 4.69) is 48.5 Å². The maximum absolute atomic E-state index is 13.2. The van der Waals surface area contributed by atoms with Crippen molar-refractivity contribution >= 4 is 39.5 Å². The Morgan fingerprint density at radius 3 is 0.697 bits per heavy atom. The topological polar surface area (TPSA) is 237 Å². The SMILES string of the molecule is CCCCCCCCCCCCCCCCCCCCCCCC(=O)O[C@H](COC(=O)CCCCCCCCCCCCCCCCCCC(C)C)COP(=O)(O)OC[C@@H](O)COP(=O)(O)OC[C@@H](COC(=O)CCCCCCCCCCC(C)C)OC(=O)CCCCCCCCCCCCCCCCC(C)CC. The van der Waals surface area contributed by atoms with E-state index in [9.17, 15) is 43.2 Å². The Morgan fingerprint density at radius 1 is 0.266 bits per heavy atom. The molecule has 17 nitrogen and oxygen atoms in total. The summed E-state index contributed by atoms with van der Waals surface area (Å²) >= 11 is 0. The van der Waals surface area contributed by atoms with Gasteiger partial charge in [-0.3, -0.25) is 37.3 Å². The number of carbonyl (C=O) groups excluding carboxylic acids is 4. The zero-order chi connectivity index (χ0) is 80.0. The summed E-state index contributed by atoms with van der Waals surface area (Å²) in [6.45, 7) is 12.1. The minimum Gasteiger partial charge on any atom is -0.462 e. The molecular formula is C90H176O17P2. The zero-order valence-corrected chi connectivity index (χ0v) is 73.8. The summed E-state index contributed by atoms with van der Waals surface area (Å²) < 4.78 is 69.0. The fourth-order valence-corrected chi connectivity index (χ4v) is 15.6. The summed E-state index contributed by atoms with van der Waals surface area (Å²) in [5, 5.41) is 10.7. The zero-order valence-electron chi connectivity index (χ0n) is 72.0. The molecule has 0 heterocycles. The first-order chi connectivity index (χ1) is 52.8. The molecule has 3 N–H and O–H groups in total. The van der Waals surface area contributed by atoms with Crippen molar-refractivity contribution in [1.82, 2.24) is 0 Å². The molecule has 0 aliphatic heterocycles. The molecule has 648 valence electrons. The standard InChI is InChI=1S/C90H176O17P2/c1-8-10-11-12-13-14-15-16-17-18-19-20-21-22-27-33-38-43-52-59-66-73-89(94)106-85(77-100-87(92)71-64-57-50-42-37-32-26-24-23-25-30-35-40-47-54-61-68-81(3)4)79-104-108(96,97)102-75-84(91)76-103-109(98,99)105-80-86(78-101-88(93)72-65-58-51-46-45-48-55-62-69-82(5)6)107-90(95)74-67-60-53-44-39-34-29-28-31-36-41-49-56-63-70-83(7)9-2/h81-86,91H,8-80H2,1-7H3,(H,96,97)(H,98,99)/t83?,84-,85-,86-/m1/s1. The van der Waals surface area contributed by atoms with Gasteiger partial charge in [0.25, 0.3) is 0 Å². The van der Waals surface area contributed by atoms with Gasteiger partial charge in [-0.05, 0) is 43.4 Å². The first-order valence-corrected chi connectivity index (χ1v) is 49.4. The lowest BCUT2D eigenvalue weighted by Gasteiger charge is -2.21. The van der Waals surface area contributed by atoms with E-state index in [1.165, 1.54) is 289 Å². The Hall–Kier alpha value is -1.94. The predicted molar refractivity (Wildman–Crippen MR) is 451 cm³/mol. The number of esters is 4. The van der Waals surface area contributed by atoms with Crippen molar-refractivity contribution in [2.45, 2.75) is 497 Å². The van der Waals surface area contributed by atoms with Gasteiger partial charge in [0, 0.05) is 25.7 Å². The van der Waals surface area contributed by atoms with Gasteiger partial charge in [0.05, 0.1) is 26.4 Å². The third-order valence-electron chi connectivity index (χ3n) is 21.5. The summed E-state index contributed by atoms with van der Waals surface area (Å²) in [7, 11) is -9.94. The second kappa shape index (κ2) is 79.9. The number of hydrogen-bond acceptors (Lipinski definition) is 15. The smallest absolute Gasteiger partial charge is 0.462 e. The Kier molecular flexibility index (Phi) is 78.5. The second-order valence-electron chi connectivity index (χ2n) is 33.5. The van der Waals surface area contributed by atoms with E-state index >= 15 is 0 Å². The van der Waals surface area contributed by atoms with Crippen molar-refractivity contribution in [3.63, 3.8) is 0 Å². The first kappa shape index (κ1) is 107. The molecule has 3 unspecified atom stereocenters. The van der Waals surface area contributed by atoms with Crippen LogP contribution < -0.4 is 0 Å². The molecule has 19 heteroatoms. The summed E-state index contributed by atoms with van der Waals surface area (Å²) in [5.41, 5.74) is 0. The minimum absolute atomic E-state index is 0.107.